The molecule has 0 saturated carbocycles. The van der Waals surface area contributed by atoms with Crippen LogP contribution in [0.15, 0.2) is 107 Å². The minimum Gasteiger partial charge on any atom is -0.489 e. The van der Waals surface area contributed by atoms with Crippen LogP contribution >= 0.6 is 11.3 Å². The van der Waals surface area contributed by atoms with E-state index in [9.17, 15) is 9.59 Å². The van der Waals surface area contributed by atoms with Crippen molar-refractivity contribution in [3.05, 3.63) is 145 Å². The number of hydrogen-bond acceptors (Lipinski definition) is 7. The minimum absolute atomic E-state index is 0.224. The van der Waals surface area contributed by atoms with E-state index in [0.29, 0.717) is 23.3 Å². The predicted octanol–water partition coefficient (Wildman–Crippen LogP) is 4.38. The molecule has 0 aliphatic heterocycles. The highest BCUT2D eigenvalue weighted by molar-refractivity contribution is 7.15. The molecule has 0 saturated heterocycles. The molecule has 3 heterocycles. The van der Waals surface area contributed by atoms with Crippen molar-refractivity contribution in [2.24, 2.45) is 0 Å². The van der Waals surface area contributed by atoms with E-state index < -0.39 is 5.56 Å². The molecule has 8 nitrogen and oxygen atoms in total. The van der Waals surface area contributed by atoms with E-state index in [4.69, 9.17) is 9.84 Å². The monoisotopic (exact) mass is 559 g/mol. The highest BCUT2D eigenvalue weighted by atomic mass is 32.1. The van der Waals surface area contributed by atoms with Crippen LogP contribution in [0.3, 0.4) is 0 Å². The molecule has 0 N–H and O–H groups in total. The first-order valence-electron chi connectivity index (χ1n) is 13.0. The first-order chi connectivity index (χ1) is 20.0. The summed E-state index contributed by atoms with van der Waals surface area (Å²) < 4.78 is 9.15. The van der Waals surface area contributed by atoms with E-state index in [0.717, 1.165) is 45.0 Å². The number of aromatic nitrogens is 5. The summed E-state index contributed by atoms with van der Waals surface area (Å²) in [5, 5.41) is 9.27. The summed E-state index contributed by atoms with van der Waals surface area (Å²) >= 11 is 1.13. The number of benzene rings is 3. The fourth-order valence-corrected chi connectivity index (χ4v) is 5.42. The fourth-order valence-electron chi connectivity index (χ4n) is 4.52. The Kier molecular flexibility index (Phi) is 7.09. The molecule has 0 atom stereocenters. The molecule has 0 fully saturated rings. The first kappa shape index (κ1) is 26.1. The van der Waals surface area contributed by atoms with E-state index in [2.05, 4.69) is 16.7 Å². The van der Waals surface area contributed by atoms with Crippen LogP contribution in [-0.2, 0) is 6.42 Å². The zero-order valence-corrected chi connectivity index (χ0v) is 23.0. The zero-order chi connectivity index (χ0) is 28.3. The molecule has 0 spiro atoms. The van der Waals surface area contributed by atoms with Gasteiger partial charge in [-0.2, -0.15) is 19.7 Å². The van der Waals surface area contributed by atoms with Gasteiger partial charge in [0.15, 0.2) is 0 Å². The Morgan fingerprint density at radius 1 is 0.976 bits per heavy atom. The maximum Gasteiger partial charge on any atom is 0.296 e. The average molecular weight is 560 g/mol. The Bertz CT molecular complexity index is 2050. The van der Waals surface area contributed by atoms with Crippen molar-refractivity contribution in [3.63, 3.8) is 0 Å². The van der Waals surface area contributed by atoms with Crippen molar-refractivity contribution < 1.29 is 4.74 Å². The van der Waals surface area contributed by atoms with E-state index in [1.165, 1.54) is 4.52 Å². The van der Waals surface area contributed by atoms with Crippen LogP contribution in [0.4, 0.5) is 0 Å². The standard InChI is InChI=1S/C32H25N5O3S/c1-3-16-40-27-15-14-23(17-21(27)2)29-24(20-36(35-29)25-12-8-5-9-13-25)19-28-31(39)37-32(41-28)33-30(38)26(34-37)18-22-10-6-4-7-11-22/h3-15,17,19-20H,1,16,18H2,2H3. The molecule has 6 aromatic rings. The summed E-state index contributed by atoms with van der Waals surface area (Å²) in [6.07, 6.45) is 5.67. The molecule has 0 radical (unpaired) electrons. The van der Waals surface area contributed by atoms with Gasteiger partial charge in [0.2, 0.25) is 4.96 Å². The summed E-state index contributed by atoms with van der Waals surface area (Å²) in [4.78, 5) is 30.6. The second-order valence-electron chi connectivity index (χ2n) is 9.43. The van der Waals surface area contributed by atoms with Crippen molar-refractivity contribution in [3.8, 4) is 22.7 Å². The molecule has 9 heteroatoms. The van der Waals surface area contributed by atoms with Gasteiger partial charge >= 0.3 is 0 Å². The smallest absolute Gasteiger partial charge is 0.296 e. The lowest BCUT2D eigenvalue weighted by molar-refractivity contribution is 0.361. The topological polar surface area (TPSA) is 91.4 Å². The van der Waals surface area contributed by atoms with Gasteiger partial charge in [-0.1, -0.05) is 72.5 Å². The lowest BCUT2D eigenvalue weighted by Gasteiger charge is -2.08. The first-order valence-corrected chi connectivity index (χ1v) is 13.8. The van der Waals surface area contributed by atoms with Gasteiger partial charge < -0.3 is 4.74 Å². The molecule has 0 aliphatic rings. The zero-order valence-electron chi connectivity index (χ0n) is 22.2. The van der Waals surface area contributed by atoms with Gasteiger partial charge in [-0.3, -0.25) is 9.59 Å². The largest absolute Gasteiger partial charge is 0.489 e. The maximum absolute atomic E-state index is 13.5. The second-order valence-corrected chi connectivity index (χ2v) is 10.4. The summed E-state index contributed by atoms with van der Waals surface area (Å²) in [5.41, 5.74) is 4.52. The number of ether oxygens (including phenoxy) is 1. The molecule has 0 unspecified atom stereocenters. The Balaban J connectivity index is 1.47. The van der Waals surface area contributed by atoms with Crippen molar-refractivity contribution in [2.75, 3.05) is 6.61 Å². The fraction of sp³-hybridized carbons (Fsp3) is 0.0938. The SMILES string of the molecule is C=CCOc1ccc(-c2nn(-c3ccccc3)cc2C=c2sc3nc(=O)c(Cc4ccccc4)nn3c2=O)cc1C. The summed E-state index contributed by atoms with van der Waals surface area (Å²) in [6, 6.07) is 25.1. The third kappa shape index (κ3) is 5.35. The normalized spacial score (nSPS) is 11.7. The molecule has 3 aromatic heterocycles. The number of rotatable bonds is 8. The Labute approximate surface area is 239 Å². The predicted molar refractivity (Wildman–Crippen MR) is 161 cm³/mol. The van der Waals surface area contributed by atoms with Crippen LogP contribution in [0.5, 0.6) is 5.75 Å². The molecule has 0 bridgehead atoms. The van der Waals surface area contributed by atoms with E-state index in [1.54, 1.807) is 16.8 Å². The number of fused-ring (bicyclic) bond motifs is 1. The molecule has 0 amide bonds. The van der Waals surface area contributed by atoms with Crippen molar-refractivity contribution in [1.29, 1.82) is 0 Å². The van der Waals surface area contributed by atoms with Crippen LogP contribution in [0.2, 0.25) is 0 Å². The summed E-state index contributed by atoms with van der Waals surface area (Å²) in [6.45, 7) is 6.10. The van der Waals surface area contributed by atoms with E-state index in [1.807, 2.05) is 92.0 Å². The Hall–Kier alpha value is -5.15. The van der Waals surface area contributed by atoms with Crippen LogP contribution in [-0.4, -0.2) is 31.0 Å². The van der Waals surface area contributed by atoms with Gasteiger partial charge in [-0.15, -0.1) is 0 Å². The number of thiazole rings is 1. The molecule has 202 valence electrons. The molecule has 41 heavy (non-hydrogen) atoms. The molecular weight excluding hydrogens is 534 g/mol. The number of aryl methyl sites for hydroxylation is 1. The second kappa shape index (κ2) is 11.1. The van der Waals surface area contributed by atoms with Gasteiger partial charge in [-0.05, 0) is 54.5 Å². The van der Waals surface area contributed by atoms with Gasteiger partial charge in [0.05, 0.1) is 10.2 Å². The quantitative estimate of drug-likeness (QED) is 0.257. The number of nitrogens with zero attached hydrogens (tertiary/aromatic N) is 5. The molecular formula is C32H25N5O3S. The van der Waals surface area contributed by atoms with Crippen LogP contribution in [0.1, 0.15) is 22.4 Å². The summed E-state index contributed by atoms with van der Waals surface area (Å²) in [7, 11) is 0. The van der Waals surface area contributed by atoms with Crippen molar-refractivity contribution in [2.45, 2.75) is 13.3 Å². The summed E-state index contributed by atoms with van der Waals surface area (Å²) in [5.74, 6) is 0.765. The molecule has 6 rings (SSSR count). The molecule has 0 aliphatic carbocycles. The van der Waals surface area contributed by atoms with E-state index >= 15 is 0 Å². The third-order valence-corrected chi connectivity index (χ3v) is 7.48. The highest BCUT2D eigenvalue weighted by Gasteiger charge is 2.15. The average Bonchev–Trinajstić information content (AvgIpc) is 3.54. The Morgan fingerprint density at radius 2 is 1.73 bits per heavy atom. The van der Waals surface area contributed by atoms with Crippen LogP contribution in [0, 0.1) is 6.92 Å². The van der Waals surface area contributed by atoms with Gasteiger partial charge in [0, 0.05) is 23.7 Å². The Morgan fingerprint density at radius 3 is 2.46 bits per heavy atom. The molecule has 3 aromatic carbocycles. The minimum atomic E-state index is -0.437. The number of hydrogen-bond donors (Lipinski definition) is 0. The lowest BCUT2D eigenvalue weighted by atomic mass is 10.0. The number of para-hydroxylation sites is 1. The highest BCUT2D eigenvalue weighted by Crippen LogP contribution is 2.29. The van der Waals surface area contributed by atoms with Crippen molar-refractivity contribution >= 4 is 22.4 Å². The van der Waals surface area contributed by atoms with Gasteiger partial charge in [0.1, 0.15) is 23.7 Å². The van der Waals surface area contributed by atoms with Crippen LogP contribution in [0.25, 0.3) is 28.0 Å². The van der Waals surface area contributed by atoms with Gasteiger partial charge in [0.25, 0.3) is 11.1 Å². The van der Waals surface area contributed by atoms with Gasteiger partial charge in [-0.25, -0.2) is 4.68 Å². The third-order valence-electron chi connectivity index (χ3n) is 6.52. The van der Waals surface area contributed by atoms with E-state index in [-0.39, 0.29) is 16.2 Å². The van der Waals surface area contributed by atoms with Crippen LogP contribution < -0.4 is 20.4 Å². The van der Waals surface area contributed by atoms with Crippen molar-refractivity contribution in [1.82, 2.24) is 24.4 Å². The maximum atomic E-state index is 13.5. The lowest BCUT2D eigenvalue weighted by Crippen LogP contribution is -2.28.